The van der Waals surface area contributed by atoms with Crippen molar-refractivity contribution in [3.8, 4) is 0 Å². The predicted octanol–water partition coefficient (Wildman–Crippen LogP) is 3.14. The molecule has 2 aromatic carbocycles. The SMILES string of the molecule is O=C(CNC(=O)C(CI)Cc1ccccc1)OCc1ccccc1. The molecule has 24 heavy (non-hydrogen) atoms. The third-order valence-electron chi connectivity index (χ3n) is 3.53. The third-order valence-corrected chi connectivity index (χ3v) is 4.59. The maximum Gasteiger partial charge on any atom is 0.325 e. The number of carbonyl (C=O) groups is 2. The normalized spacial score (nSPS) is 11.5. The Labute approximate surface area is 155 Å². The van der Waals surface area contributed by atoms with Gasteiger partial charge in [-0.2, -0.15) is 0 Å². The summed E-state index contributed by atoms with van der Waals surface area (Å²) >= 11 is 2.20. The quantitative estimate of drug-likeness (QED) is 0.392. The molecule has 0 aliphatic heterocycles. The van der Waals surface area contributed by atoms with Gasteiger partial charge >= 0.3 is 5.97 Å². The Morgan fingerprint density at radius 3 is 2.12 bits per heavy atom. The summed E-state index contributed by atoms with van der Waals surface area (Å²) in [6, 6.07) is 19.3. The fourth-order valence-corrected chi connectivity index (χ4v) is 2.92. The van der Waals surface area contributed by atoms with Gasteiger partial charge in [-0.05, 0) is 17.5 Å². The van der Waals surface area contributed by atoms with Crippen LogP contribution in [0.4, 0.5) is 0 Å². The topological polar surface area (TPSA) is 55.4 Å². The Bertz CT molecular complexity index is 646. The van der Waals surface area contributed by atoms with Gasteiger partial charge in [-0.15, -0.1) is 0 Å². The lowest BCUT2D eigenvalue weighted by Crippen LogP contribution is -2.36. The lowest BCUT2D eigenvalue weighted by Gasteiger charge is -2.14. The molecular formula is C19H20INO3. The van der Waals surface area contributed by atoms with Crippen molar-refractivity contribution in [2.24, 2.45) is 5.92 Å². The minimum atomic E-state index is -0.431. The molecule has 1 amide bonds. The van der Waals surface area contributed by atoms with Crippen LogP contribution in [0.2, 0.25) is 0 Å². The fraction of sp³-hybridized carbons (Fsp3) is 0.263. The van der Waals surface area contributed by atoms with E-state index in [2.05, 4.69) is 27.9 Å². The molecule has 0 aromatic heterocycles. The van der Waals surface area contributed by atoms with E-state index in [1.54, 1.807) is 0 Å². The van der Waals surface area contributed by atoms with E-state index in [1.807, 2.05) is 60.7 Å². The van der Waals surface area contributed by atoms with Gasteiger partial charge in [-0.25, -0.2) is 0 Å². The molecule has 0 bridgehead atoms. The van der Waals surface area contributed by atoms with Crippen molar-refractivity contribution in [3.05, 3.63) is 71.8 Å². The second kappa shape index (κ2) is 10.1. The van der Waals surface area contributed by atoms with E-state index in [1.165, 1.54) is 0 Å². The predicted molar refractivity (Wildman–Crippen MR) is 102 cm³/mol. The van der Waals surface area contributed by atoms with Crippen molar-refractivity contribution in [1.29, 1.82) is 0 Å². The molecular weight excluding hydrogens is 417 g/mol. The monoisotopic (exact) mass is 437 g/mol. The number of carbonyl (C=O) groups excluding carboxylic acids is 2. The van der Waals surface area contributed by atoms with Crippen LogP contribution in [0, 0.1) is 5.92 Å². The van der Waals surface area contributed by atoms with Crippen LogP contribution in [0.3, 0.4) is 0 Å². The van der Waals surface area contributed by atoms with Crippen LogP contribution in [-0.4, -0.2) is 22.8 Å². The average Bonchev–Trinajstić information content (AvgIpc) is 2.64. The lowest BCUT2D eigenvalue weighted by molar-refractivity contribution is -0.145. The van der Waals surface area contributed by atoms with Gasteiger partial charge in [-0.1, -0.05) is 83.3 Å². The first-order valence-corrected chi connectivity index (χ1v) is 9.28. The summed E-state index contributed by atoms with van der Waals surface area (Å²) in [6.07, 6.45) is 0.661. The van der Waals surface area contributed by atoms with Crippen LogP contribution in [0.25, 0.3) is 0 Å². The second-order valence-corrected chi connectivity index (χ2v) is 6.29. The number of ether oxygens (including phenoxy) is 1. The largest absolute Gasteiger partial charge is 0.460 e. The number of esters is 1. The smallest absolute Gasteiger partial charge is 0.325 e. The minimum Gasteiger partial charge on any atom is -0.460 e. The maximum atomic E-state index is 12.2. The number of rotatable bonds is 8. The van der Waals surface area contributed by atoms with E-state index >= 15 is 0 Å². The first-order chi connectivity index (χ1) is 11.7. The van der Waals surface area contributed by atoms with Crippen LogP contribution < -0.4 is 5.32 Å². The van der Waals surface area contributed by atoms with E-state index in [0.717, 1.165) is 11.1 Å². The molecule has 126 valence electrons. The van der Waals surface area contributed by atoms with Crippen LogP contribution >= 0.6 is 22.6 Å². The van der Waals surface area contributed by atoms with Crippen molar-refractivity contribution in [3.63, 3.8) is 0 Å². The summed E-state index contributed by atoms with van der Waals surface area (Å²) in [5.41, 5.74) is 2.03. The van der Waals surface area contributed by atoms with Crippen molar-refractivity contribution in [2.45, 2.75) is 13.0 Å². The summed E-state index contributed by atoms with van der Waals surface area (Å²) in [5.74, 6) is -0.709. The van der Waals surface area contributed by atoms with E-state index < -0.39 is 5.97 Å². The zero-order valence-electron chi connectivity index (χ0n) is 13.3. The Hall–Kier alpha value is -1.89. The van der Waals surface area contributed by atoms with Crippen molar-refractivity contribution >= 4 is 34.5 Å². The molecule has 0 fully saturated rings. The molecule has 2 aromatic rings. The van der Waals surface area contributed by atoms with Crippen LogP contribution in [0.1, 0.15) is 11.1 Å². The average molecular weight is 437 g/mol. The van der Waals surface area contributed by atoms with Crippen molar-refractivity contribution in [2.75, 3.05) is 11.0 Å². The molecule has 0 aliphatic carbocycles. The highest BCUT2D eigenvalue weighted by Crippen LogP contribution is 2.11. The van der Waals surface area contributed by atoms with Gasteiger partial charge in [-0.3, -0.25) is 9.59 Å². The molecule has 1 atom stereocenters. The van der Waals surface area contributed by atoms with E-state index in [9.17, 15) is 9.59 Å². The highest BCUT2D eigenvalue weighted by molar-refractivity contribution is 14.1. The van der Waals surface area contributed by atoms with Gasteiger partial charge in [0, 0.05) is 4.43 Å². The highest BCUT2D eigenvalue weighted by Gasteiger charge is 2.18. The summed E-state index contributed by atoms with van der Waals surface area (Å²) in [7, 11) is 0. The minimum absolute atomic E-state index is 0.104. The molecule has 1 unspecified atom stereocenters. The number of alkyl halides is 1. The molecule has 0 saturated carbocycles. The molecule has 1 N–H and O–H groups in total. The molecule has 0 aliphatic rings. The second-order valence-electron chi connectivity index (χ2n) is 5.41. The molecule has 4 nitrogen and oxygen atoms in total. The maximum absolute atomic E-state index is 12.2. The molecule has 0 heterocycles. The standard InChI is InChI=1S/C19H20INO3/c20-12-17(11-15-7-3-1-4-8-15)19(23)21-13-18(22)24-14-16-9-5-2-6-10-16/h1-10,17H,11-14H2,(H,21,23). The Morgan fingerprint density at radius 1 is 0.958 bits per heavy atom. The van der Waals surface area contributed by atoms with Crippen LogP contribution in [0.5, 0.6) is 0 Å². The van der Waals surface area contributed by atoms with Crippen molar-refractivity contribution in [1.82, 2.24) is 5.32 Å². The molecule has 0 spiro atoms. The molecule has 5 heteroatoms. The first-order valence-electron chi connectivity index (χ1n) is 7.76. The lowest BCUT2D eigenvalue weighted by atomic mass is 10.0. The van der Waals surface area contributed by atoms with Gasteiger partial charge in [0.1, 0.15) is 13.2 Å². The number of hydrogen-bond acceptors (Lipinski definition) is 3. The van der Waals surface area contributed by atoms with Gasteiger partial charge in [0.05, 0.1) is 5.92 Å². The van der Waals surface area contributed by atoms with Gasteiger partial charge in [0.2, 0.25) is 5.91 Å². The van der Waals surface area contributed by atoms with E-state index in [0.29, 0.717) is 10.8 Å². The Morgan fingerprint density at radius 2 is 1.54 bits per heavy atom. The summed E-state index contributed by atoms with van der Waals surface area (Å²) in [5, 5.41) is 2.67. The van der Waals surface area contributed by atoms with Gasteiger partial charge in [0.25, 0.3) is 0 Å². The zero-order valence-corrected chi connectivity index (χ0v) is 15.4. The number of benzene rings is 2. The van der Waals surface area contributed by atoms with Crippen LogP contribution in [-0.2, 0) is 27.4 Å². The van der Waals surface area contributed by atoms with E-state index in [4.69, 9.17) is 4.74 Å². The summed E-state index contributed by atoms with van der Waals surface area (Å²) in [6.45, 7) is 0.114. The molecule has 0 radical (unpaired) electrons. The summed E-state index contributed by atoms with van der Waals surface area (Å²) < 4.78 is 5.85. The number of amides is 1. The Kier molecular flexibility index (Phi) is 7.74. The molecule has 0 saturated heterocycles. The zero-order chi connectivity index (χ0) is 17.2. The number of hydrogen-bond donors (Lipinski definition) is 1. The van der Waals surface area contributed by atoms with Crippen molar-refractivity contribution < 1.29 is 14.3 Å². The number of halogens is 1. The Balaban J connectivity index is 1.75. The van der Waals surface area contributed by atoms with Gasteiger partial charge in [0.15, 0.2) is 0 Å². The number of nitrogens with one attached hydrogen (secondary N) is 1. The molecule has 2 rings (SSSR count). The highest BCUT2D eigenvalue weighted by atomic mass is 127. The van der Waals surface area contributed by atoms with E-state index in [-0.39, 0.29) is 25.0 Å². The fourth-order valence-electron chi connectivity index (χ4n) is 2.21. The third kappa shape index (κ3) is 6.31. The van der Waals surface area contributed by atoms with Gasteiger partial charge < -0.3 is 10.1 Å². The van der Waals surface area contributed by atoms with Crippen LogP contribution in [0.15, 0.2) is 60.7 Å². The first kappa shape index (κ1) is 18.4. The summed E-state index contributed by atoms with van der Waals surface area (Å²) in [4.78, 5) is 24.0.